The molecule has 1 aliphatic rings. The first-order valence-electron chi connectivity index (χ1n) is 10.8. The highest BCUT2D eigenvalue weighted by atomic mass is 32.2. The van der Waals surface area contributed by atoms with E-state index in [1.54, 1.807) is 36.0 Å². The molecule has 0 saturated carbocycles. The molecule has 11 heteroatoms. The van der Waals surface area contributed by atoms with Crippen molar-refractivity contribution >= 4 is 45.1 Å². The van der Waals surface area contributed by atoms with E-state index in [4.69, 9.17) is 10.5 Å². The van der Waals surface area contributed by atoms with Crippen molar-refractivity contribution in [3.8, 4) is 0 Å². The van der Waals surface area contributed by atoms with Crippen molar-refractivity contribution in [2.75, 3.05) is 18.8 Å². The summed E-state index contributed by atoms with van der Waals surface area (Å²) in [7, 11) is -3.87. The Morgan fingerprint density at radius 1 is 1.18 bits per heavy atom. The van der Waals surface area contributed by atoms with E-state index in [2.05, 4.69) is 10.0 Å². The summed E-state index contributed by atoms with van der Waals surface area (Å²) < 4.78 is 32.6. The number of thiophene rings is 1. The van der Waals surface area contributed by atoms with Gasteiger partial charge < -0.3 is 15.8 Å². The number of esters is 2. The topological polar surface area (TPSA) is 128 Å². The Morgan fingerprint density at radius 2 is 1.91 bits per heavy atom. The maximum Gasteiger partial charge on any atom is 0.355 e. The summed E-state index contributed by atoms with van der Waals surface area (Å²) in [4.78, 5) is 24.7. The van der Waals surface area contributed by atoms with E-state index in [1.807, 2.05) is 6.07 Å². The molecule has 2 heterocycles. The molecular formula is C22H29N3O5S3. The second kappa shape index (κ2) is 12.6. The minimum Gasteiger partial charge on any atom is -0.389 e. The third kappa shape index (κ3) is 8.51. The Labute approximate surface area is 202 Å². The van der Waals surface area contributed by atoms with E-state index in [9.17, 15) is 18.0 Å². The van der Waals surface area contributed by atoms with E-state index < -0.39 is 34.5 Å². The Hall–Kier alpha value is -1.76. The Balaban J connectivity index is 1.39. The molecule has 0 aliphatic carbocycles. The van der Waals surface area contributed by atoms with Crippen LogP contribution in [0.15, 0.2) is 51.6 Å². The van der Waals surface area contributed by atoms with E-state index >= 15 is 0 Å². The number of ether oxygens (including phenoxy) is 1. The molecule has 1 aliphatic heterocycles. The van der Waals surface area contributed by atoms with Gasteiger partial charge in [0.1, 0.15) is 4.88 Å². The lowest BCUT2D eigenvalue weighted by Gasteiger charge is -2.22. The summed E-state index contributed by atoms with van der Waals surface area (Å²) in [5.74, 6) is 0.127. The van der Waals surface area contributed by atoms with Crippen LogP contribution in [0.1, 0.15) is 41.8 Å². The first kappa shape index (κ1) is 25.9. The number of carbonyl (C=O) groups excluding carboxylic acids is 2. The van der Waals surface area contributed by atoms with Crippen LogP contribution in [0.2, 0.25) is 0 Å². The Bertz CT molecular complexity index is 1020. The average molecular weight is 512 g/mol. The van der Waals surface area contributed by atoms with Crippen LogP contribution in [0.25, 0.3) is 0 Å². The molecule has 0 bridgehead atoms. The van der Waals surface area contributed by atoms with Crippen LogP contribution in [-0.2, 0) is 19.6 Å². The summed E-state index contributed by atoms with van der Waals surface area (Å²) in [6.07, 6.45) is 3.14. The lowest BCUT2D eigenvalue weighted by molar-refractivity contribution is -0.138. The van der Waals surface area contributed by atoms with E-state index in [0.717, 1.165) is 35.4 Å². The number of benzene rings is 1. The van der Waals surface area contributed by atoms with Crippen LogP contribution in [0.3, 0.4) is 0 Å². The van der Waals surface area contributed by atoms with Gasteiger partial charge in [0.05, 0.1) is 21.7 Å². The number of sulfonamides is 1. The lowest BCUT2D eigenvalue weighted by atomic mass is 9.94. The zero-order valence-corrected chi connectivity index (χ0v) is 20.6. The molecule has 1 aromatic carbocycles. The number of piperidine rings is 1. The number of thioether (sulfide) groups is 1. The van der Waals surface area contributed by atoms with E-state index in [-0.39, 0.29) is 4.90 Å². The molecule has 1 saturated heterocycles. The fourth-order valence-corrected chi connectivity index (χ4v) is 6.68. The molecule has 33 heavy (non-hydrogen) atoms. The number of carbonyl (C=O) groups is 2. The highest BCUT2D eigenvalue weighted by molar-refractivity contribution is 8.01. The number of nitrogens with one attached hydrogen (secondary N) is 2. The minimum atomic E-state index is -3.87. The molecular weight excluding hydrogens is 482 g/mol. The van der Waals surface area contributed by atoms with Gasteiger partial charge in [-0.3, -0.25) is 4.79 Å². The normalized spacial score (nSPS) is 15.8. The summed E-state index contributed by atoms with van der Waals surface area (Å²) in [6, 6.07) is 11.2. The van der Waals surface area contributed by atoms with Crippen LogP contribution in [0.5, 0.6) is 0 Å². The summed E-state index contributed by atoms with van der Waals surface area (Å²) in [5.41, 5.74) is 5.73. The van der Waals surface area contributed by atoms with E-state index in [1.165, 1.54) is 42.7 Å². The lowest BCUT2D eigenvalue weighted by Crippen LogP contribution is -2.43. The van der Waals surface area contributed by atoms with Crippen molar-refractivity contribution in [3.63, 3.8) is 0 Å². The predicted octanol–water partition coefficient (Wildman–Crippen LogP) is 2.96. The fourth-order valence-electron chi connectivity index (χ4n) is 3.51. The highest BCUT2D eigenvalue weighted by Gasteiger charge is 2.22. The van der Waals surface area contributed by atoms with Crippen molar-refractivity contribution in [1.82, 2.24) is 10.0 Å². The van der Waals surface area contributed by atoms with Gasteiger partial charge in [-0.15, -0.1) is 23.1 Å². The van der Waals surface area contributed by atoms with Crippen LogP contribution in [-0.4, -0.2) is 45.4 Å². The van der Waals surface area contributed by atoms with Crippen molar-refractivity contribution in [2.45, 2.75) is 47.4 Å². The largest absolute Gasteiger partial charge is 0.389 e. The first-order chi connectivity index (χ1) is 15.8. The molecule has 1 fully saturated rings. The summed E-state index contributed by atoms with van der Waals surface area (Å²) in [5, 5.41) is 3.38. The molecule has 180 valence electrons. The molecule has 4 N–H and O–H groups in total. The maximum atomic E-state index is 12.3. The second-order valence-electron chi connectivity index (χ2n) is 7.81. The average Bonchev–Trinajstić information content (AvgIpc) is 3.27. The molecule has 3 rings (SSSR count). The first-order valence-corrected chi connectivity index (χ1v) is 14.1. The van der Waals surface area contributed by atoms with Crippen molar-refractivity contribution in [3.05, 3.63) is 47.3 Å². The van der Waals surface area contributed by atoms with Gasteiger partial charge in [-0.05, 0) is 74.7 Å². The second-order valence-corrected chi connectivity index (χ2v) is 12.0. The van der Waals surface area contributed by atoms with Crippen molar-refractivity contribution in [2.24, 2.45) is 11.7 Å². The van der Waals surface area contributed by atoms with Gasteiger partial charge >= 0.3 is 11.9 Å². The van der Waals surface area contributed by atoms with Gasteiger partial charge in [0, 0.05) is 0 Å². The monoisotopic (exact) mass is 511 g/mol. The van der Waals surface area contributed by atoms with Gasteiger partial charge in [0.2, 0.25) is 10.0 Å². The summed E-state index contributed by atoms with van der Waals surface area (Å²) >= 11 is 2.97. The van der Waals surface area contributed by atoms with Crippen LogP contribution in [0, 0.1) is 5.92 Å². The zero-order valence-electron chi connectivity index (χ0n) is 18.2. The maximum absolute atomic E-state index is 12.3. The number of hydrogen-bond acceptors (Lipinski definition) is 9. The van der Waals surface area contributed by atoms with Gasteiger partial charge in [-0.2, -0.15) is 4.72 Å². The fraction of sp³-hybridized carbons (Fsp3) is 0.455. The third-order valence-electron chi connectivity index (χ3n) is 5.20. The quantitative estimate of drug-likeness (QED) is 0.138. The van der Waals surface area contributed by atoms with Crippen LogP contribution >= 0.6 is 23.1 Å². The highest BCUT2D eigenvalue weighted by Crippen LogP contribution is 2.29. The Morgan fingerprint density at radius 3 is 2.64 bits per heavy atom. The van der Waals surface area contributed by atoms with Crippen LogP contribution < -0.4 is 15.8 Å². The Kier molecular flexibility index (Phi) is 9.90. The molecule has 8 nitrogen and oxygen atoms in total. The molecule has 0 amide bonds. The molecule has 0 radical (unpaired) electrons. The van der Waals surface area contributed by atoms with Gasteiger partial charge in [0.15, 0.2) is 0 Å². The van der Waals surface area contributed by atoms with Crippen molar-refractivity contribution < 1.29 is 22.7 Å². The molecule has 1 aromatic heterocycles. The standard InChI is InChI=1S/C22H29N3O5S3/c23-19(25-33(28,29)17-6-2-1-3-7-17)15-20(26)30-22(27)18-8-9-21(32-18)31-14-4-5-16-10-12-24-13-11-16/h1-3,6-9,16,19,24-25H,4-5,10-15,23H2/t19-/m0/s1. The van der Waals surface area contributed by atoms with Gasteiger partial charge in [-0.25, -0.2) is 13.2 Å². The zero-order chi connectivity index (χ0) is 23.7. The summed E-state index contributed by atoms with van der Waals surface area (Å²) in [6.45, 7) is 2.22. The number of nitrogens with two attached hydrogens (primary N) is 1. The minimum absolute atomic E-state index is 0.0317. The van der Waals surface area contributed by atoms with Gasteiger partial charge in [-0.1, -0.05) is 18.2 Å². The SMILES string of the molecule is N[C@H](CC(=O)OC(=O)c1ccc(SCCCC2CCNCC2)s1)NS(=O)(=O)c1ccccc1. The smallest absolute Gasteiger partial charge is 0.355 e. The molecule has 0 spiro atoms. The number of hydrogen-bond donors (Lipinski definition) is 3. The number of rotatable bonds is 11. The van der Waals surface area contributed by atoms with E-state index in [0.29, 0.717) is 4.88 Å². The van der Waals surface area contributed by atoms with Crippen LogP contribution in [0.4, 0.5) is 0 Å². The molecule has 0 unspecified atom stereocenters. The van der Waals surface area contributed by atoms with Gasteiger partial charge in [0.25, 0.3) is 0 Å². The third-order valence-corrected chi connectivity index (χ3v) is 9.08. The van der Waals surface area contributed by atoms with Crippen molar-refractivity contribution in [1.29, 1.82) is 0 Å². The predicted molar refractivity (Wildman–Crippen MR) is 130 cm³/mol. The molecule has 2 aromatic rings. The molecule has 1 atom stereocenters.